The van der Waals surface area contributed by atoms with E-state index in [-0.39, 0.29) is 6.04 Å². The lowest BCUT2D eigenvalue weighted by Crippen LogP contribution is -2.28. The van der Waals surface area contributed by atoms with Crippen LogP contribution in [0, 0.1) is 0 Å². The minimum atomic E-state index is -0.627. The molecule has 2 aromatic rings. The van der Waals surface area contributed by atoms with E-state index >= 15 is 0 Å². The first-order chi connectivity index (χ1) is 20.4. The summed E-state index contributed by atoms with van der Waals surface area (Å²) in [7, 11) is 1.94. The van der Waals surface area contributed by atoms with Crippen molar-refractivity contribution < 1.29 is 4.74 Å². The second-order valence-corrected chi connectivity index (χ2v) is 10.7. The highest BCUT2D eigenvalue weighted by Gasteiger charge is 2.39. The third kappa shape index (κ3) is 5.80. The summed E-state index contributed by atoms with van der Waals surface area (Å²) in [4.78, 5) is 0. The van der Waals surface area contributed by atoms with E-state index in [0.717, 1.165) is 63.3 Å². The van der Waals surface area contributed by atoms with Crippen LogP contribution in [0.25, 0.3) is 11.3 Å². The fourth-order valence-corrected chi connectivity index (χ4v) is 5.71. The highest BCUT2D eigenvalue weighted by Crippen LogP contribution is 2.48. The number of fused-ring (bicyclic) bond motifs is 1. The second kappa shape index (κ2) is 12.8. The largest absolute Gasteiger partial charge is 0.465 e. The van der Waals surface area contributed by atoms with Crippen LogP contribution in [0.15, 0.2) is 163 Å². The van der Waals surface area contributed by atoms with E-state index in [0.29, 0.717) is 0 Å². The zero-order valence-electron chi connectivity index (χ0n) is 24.4. The minimum Gasteiger partial charge on any atom is -0.465 e. The van der Waals surface area contributed by atoms with Crippen LogP contribution in [0.3, 0.4) is 0 Å². The molecular formula is C39H38N2O. The number of hydrogen-bond donors (Lipinski definition) is 2. The number of nitrogens with two attached hydrogens (primary N) is 1. The summed E-state index contributed by atoms with van der Waals surface area (Å²) in [6, 6.07) is 16.7. The second-order valence-electron chi connectivity index (χ2n) is 10.7. The lowest BCUT2D eigenvalue weighted by atomic mass is 9.67. The molecule has 3 N–H and O–H groups in total. The van der Waals surface area contributed by atoms with Crippen LogP contribution in [0.4, 0.5) is 0 Å². The number of benzene rings is 2. The molecule has 0 aromatic heterocycles. The van der Waals surface area contributed by atoms with Gasteiger partial charge in [0.25, 0.3) is 0 Å². The van der Waals surface area contributed by atoms with Gasteiger partial charge in [-0.05, 0) is 78.5 Å². The molecule has 2 aromatic carbocycles. The third-order valence-electron chi connectivity index (χ3n) is 7.90. The maximum atomic E-state index is 6.64. The molecule has 3 heteroatoms. The summed E-state index contributed by atoms with van der Waals surface area (Å²) in [6.07, 6.45) is 26.5. The highest BCUT2D eigenvalue weighted by atomic mass is 16.5. The molecule has 3 aliphatic rings. The predicted molar refractivity (Wildman–Crippen MR) is 178 cm³/mol. The first-order valence-electron chi connectivity index (χ1n) is 14.4. The minimum absolute atomic E-state index is 0.0853. The molecule has 0 amide bonds. The van der Waals surface area contributed by atoms with Gasteiger partial charge in [0, 0.05) is 11.3 Å². The molecule has 2 unspecified atom stereocenters. The number of hydrogen-bond acceptors (Lipinski definition) is 3. The molecule has 0 fully saturated rings. The number of ether oxygens (including phenoxy) is 1. The van der Waals surface area contributed by atoms with Crippen LogP contribution in [0.2, 0.25) is 0 Å². The molecule has 2 atom stereocenters. The van der Waals surface area contributed by atoms with Gasteiger partial charge in [-0.2, -0.15) is 0 Å². The molecule has 0 spiro atoms. The first-order valence-corrected chi connectivity index (χ1v) is 14.4. The van der Waals surface area contributed by atoms with E-state index in [1.54, 1.807) is 6.26 Å². The molecule has 0 radical (unpaired) electrons. The van der Waals surface area contributed by atoms with Crippen molar-refractivity contribution in [2.45, 2.75) is 31.2 Å². The summed E-state index contributed by atoms with van der Waals surface area (Å²) in [5.74, 6) is 0.794. The monoisotopic (exact) mass is 550 g/mol. The van der Waals surface area contributed by atoms with Crippen LogP contribution >= 0.6 is 0 Å². The SMILES string of the molecule is C=C(C)/C=C\C=CC1(C2=C=CCC2)C(=C)/C=C(c2ccc(/C(N)=C3\C=CC=CC3NC)cc2)\C=C/Oc2ccccc21. The Bertz CT molecular complexity index is 1660. The van der Waals surface area contributed by atoms with Crippen LogP contribution in [-0.4, -0.2) is 13.1 Å². The maximum absolute atomic E-state index is 6.64. The molecule has 1 heterocycles. The van der Waals surface area contributed by atoms with Gasteiger partial charge in [0.05, 0.1) is 17.7 Å². The van der Waals surface area contributed by atoms with Crippen molar-refractivity contribution in [3.63, 3.8) is 0 Å². The smallest absolute Gasteiger partial charge is 0.131 e. The Morgan fingerprint density at radius 1 is 1.10 bits per heavy atom. The average molecular weight is 551 g/mol. The molecule has 1 aliphatic heterocycles. The van der Waals surface area contributed by atoms with Crippen molar-refractivity contribution in [1.82, 2.24) is 5.32 Å². The van der Waals surface area contributed by atoms with Gasteiger partial charge in [-0.1, -0.05) is 116 Å². The molecule has 0 saturated heterocycles. The van der Waals surface area contributed by atoms with Gasteiger partial charge in [-0.3, -0.25) is 0 Å². The Morgan fingerprint density at radius 3 is 2.64 bits per heavy atom. The van der Waals surface area contributed by atoms with E-state index < -0.39 is 5.41 Å². The van der Waals surface area contributed by atoms with E-state index in [9.17, 15) is 0 Å². The van der Waals surface area contributed by atoms with Gasteiger partial charge >= 0.3 is 0 Å². The van der Waals surface area contributed by atoms with E-state index in [1.807, 2.05) is 56.5 Å². The van der Waals surface area contributed by atoms with Crippen molar-refractivity contribution >= 4 is 11.3 Å². The maximum Gasteiger partial charge on any atom is 0.131 e. The third-order valence-corrected chi connectivity index (χ3v) is 7.90. The molecule has 3 nitrogen and oxygen atoms in total. The first kappa shape index (κ1) is 28.7. The topological polar surface area (TPSA) is 47.3 Å². The number of rotatable bonds is 7. The van der Waals surface area contributed by atoms with Gasteiger partial charge in [-0.25, -0.2) is 0 Å². The fraction of sp³-hybridized carbons (Fsp3) is 0.154. The Kier molecular flexibility index (Phi) is 8.74. The van der Waals surface area contributed by atoms with Gasteiger partial charge in [0.15, 0.2) is 0 Å². The Balaban J connectivity index is 1.60. The lowest BCUT2D eigenvalue weighted by molar-refractivity contribution is 0.468. The molecule has 0 bridgehead atoms. The van der Waals surface area contributed by atoms with Crippen molar-refractivity contribution in [2.75, 3.05) is 7.05 Å². The molecular weight excluding hydrogens is 512 g/mol. The predicted octanol–water partition coefficient (Wildman–Crippen LogP) is 8.42. The number of para-hydroxylation sites is 1. The van der Waals surface area contributed by atoms with Gasteiger partial charge in [-0.15, -0.1) is 5.73 Å². The van der Waals surface area contributed by atoms with Crippen LogP contribution in [-0.2, 0) is 5.41 Å². The summed E-state index contributed by atoms with van der Waals surface area (Å²) < 4.78 is 6.31. The van der Waals surface area contributed by atoms with Gasteiger partial charge in [0.2, 0.25) is 0 Å². The summed E-state index contributed by atoms with van der Waals surface area (Å²) in [6.45, 7) is 10.7. The lowest BCUT2D eigenvalue weighted by Gasteiger charge is -2.34. The summed E-state index contributed by atoms with van der Waals surface area (Å²) in [5, 5.41) is 3.31. The van der Waals surface area contributed by atoms with Crippen LogP contribution < -0.4 is 15.8 Å². The summed E-state index contributed by atoms with van der Waals surface area (Å²) >= 11 is 0. The number of allylic oxidation sites excluding steroid dienone is 12. The van der Waals surface area contributed by atoms with Crippen molar-refractivity contribution in [3.05, 3.63) is 180 Å². The molecule has 42 heavy (non-hydrogen) atoms. The van der Waals surface area contributed by atoms with E-state index in [1.165, 1.54) is 5.57 Å². The van der Waals surface area contributed by atoms with Crippen molar-refractivity contribution in [1.29, 1.82) is 0 Å². The van der Waals surface area contributed by atoms with Crippen molar-refractivity contribution in [2.24, 2.45) is 5.73 Å². The normalized spacial score (nSPS) is 24.8. The average Bonchev–Trinajstić information content (AvgIpc) is 3.57. The zero-order valence-corrected chi connectivity index (χ0v) is 24.4. The van der Waals surface area contributed by atoms with E-state index in [4.69, 9.17) is 10.5 Å². The Labute approximate surface area is 250 Å². The van der Waals surface area contributed by atoms with Gasteiger partial charge in [0.1, 0.15) is 5.75 Å². The standard InChI is InChI=1S/C39H38N2O/c1-28(2)13-11-12-25-39(33-14-5-6-15-33)29(3)27-32(24-26-42-37-19-10-8-17-35(37)39)30-20-22-31(23-21-30)38(40)34-16-7-9-18-36(34)41-4/h5,7-13,16-27,36,41H,1,3,6,15,40H2,2,4H3/b13-11-,25-12?,26-24-,32-27+,38-34-. The van der Waals surface area contributed by atoms with E-state index in [2.05, 4.69) is 97.1 Å². The Morgan fingerprint density at radius 2 is 1.90 bits per heavy atom. The quantitative estimate of drug-likeness (QED) is 0.269. The Hall–Kier alpha value is -4.82. The highest BCUT2D eigenvalue weighted by molar-refractivity contribution is 5.80. The number of likely N-dealkylation sites (N-methyl/N-ethyl adjacent to an activating group) is 1. The molecule has 5 rings (SSSR count). The van der Waals surface area contributed by atoms with Crippen LogP contribution in [0.5, 0.6) is 5.75 Å². The molecule has 2 aliphatic carbocycles. The molecule has 210 valence electrons. The van der Waals surface area contributed by atoms with Crippen molar-refractivity contribution in [3.8, 4) is 5.75 Å². The fourth-order valence-electron chi connectivity index (χ4n) is 5.71. The number of nitrogens with one attached hydrogen (secondary N) is 1. The summed E-state index contributed by atoms with van der Waals surface area (Å²) in [5.41, 5.74) is 18.6. The molecule has 0 saturated carbocycles. The van der Waals surface area contributed by atoms with Crippen LogP contribution in [0.1, 0.15) is 36.5 Å². The zero-order chi connectivity index (χ0) is 29.5. The van der Waals surface area contributed by atoms with Gasteiger partial charge < -0.3 is 15.8 Å².